The Morgan fingerprint density at radius 1 is 1.55 bits per heavy atom. The van der Waals surface area contributed by atoms with Gasteiger partial charge in [-0.3, -0.25) is 4.79 Å². The van der Waals surface area contributed by atoms with Crippen LogP contribution in [0.1, 0.15) is 32.6 Å². The van der Waals surface area contributed by atoms with Crippen molar-refractivity contribution < 1.29 is 4.79 Å². The second kappa shape index (κ2) is 4.37. The normalized spacial score (nSPS) is 31.4. The van der Waals surface area contributed by atoms with Gasteiger partial charge in [-0.25, -0.2) is 0 Å². The van der Waals surface area contributed by atoms with Crippen LogP contribution in [-0.4, -0.2) is 13.0 Å². The molecule has 2 heteroatoms. The summed E-state index contributed by atoms with van der Waals surface area (Å²) >= 11 is 0. The maximum atomic E-state index is 10.0. The van der Waals surface area contributed by atoms with Crippen LogP contribution >= 0.6 is 0 Å². The number of hydrogen-bond donors (Lipinski definition) is 1. The Kier molecular flexibility index (Phi) is 3.40. The first-order valence-corrected chi connectivity index (χ1v) is 4.50. The first kappa shape index (κ1) is 8.57. The molecule has 0 spiro atoms. The molecule has 1 saturated carbocycles. The van der Waals surface area contributed by atoms with E-state index in [-0.39, 0.29) is 0 Å². The molecule has 2 unspecified atom stereocenters. The molecule has 0 aromatic rings. The quantitative estimate of drug-likeness (QED) is 0.616. The Hall–Kier alpha value is -0.530. The van der Waals surface area contributed by atoms with Crippen molar-refractivity contribution in [3.05, 3.63) is 0 Å². The van der Waals surface area contributed by atoms with Gasteiger partial charge in [0.05, 0.1) is 0 Å². The molecule has 0 saturated heterocycles. The van der Waals surface area contributed by atoms with Gasteiger partial charge in [-0.15, -0.1) is 0 Å². The number of amides is 1. The molecule has 64 valence electrons. The SMILES string of the molecule is CC1CCCC(CNC=O)C1. The molecule has 0 aromatic heterocycles. The molecule has 0 heterocycles. The van der Waals surface area contributed by atoms with Gasteiger partial charge >= 0.3 is 0 Å². The monoisotopic (exact) mass is 155 g/mol. The summed E-state index contributed by atoms with van der Waals surface area (Å²) < 4.78 is 0. The highest BCUT2D eigenvalue weighted by Gasteiger charge is 2.17. The Morgan fingerprint density at radius 2 is 2.36 bits per heavy atom. The minimum Gasteiger partial charge on any atom is -0.358 e. The lowest BCUT2D eigenvalue weighted by Crippen LogP contribution is -2.25. The van der Waals surface area contributed by atoms with Gasteiger partial charge in [0.25, 0.3) is 0 Å². The molecule has 0 aromatic carbocycles. The second-order valence-corrected chi connectivity index (χ2v) is 3.66. The molecule has 0 bridgehead atoms. The summed E-state index contributed by atoms with van der Waals surface area (Å²) in [5.41, 5.74) is 0. The number of rotatable bonds is 3. The van der Waals surface area contributed by atoms with Crippen LogP contribution < -0.4 is 5.32 Å². The van der Waals surface area contributed by atoms with Crippen LogP contribution in [0.25, 0.3) is 0 Å². The van der Waals surface area contributed by atoms with Crippen molar-refractivity contribution in [2.75, 3.05) is 6.54 Å². The van der Waals surface area contributed by atoms with Gasteiger partial charge < -0.3 is 5.32 Å². The van der Waals surface area contributed by atoms with Crippen molar-refractivity contribution in [2.45, 2.75) is 32.6 Å². The van der Waals surface area contributed by atoms with Gasteiger partial charge in [0, 0.05) is 6.54 Å². The molecule has 0 radical (unpaired) electrons. The van der Waals surface area contributed by atoms with Crippen LogP contribution in [0.2, 0.25) is 0 Å². The van der Waals surface area contributed by atoms with E-state index < -0.39 is 0 Å². The fourth-order valence-electron chi connectivity index (χ4n) is 1.96. The van der Waals surface area contributed by atoms with Crippen LogP contribution in [0, 0.1) is 11.8 Å². The maximum absolute atomic E-state index is 10.0. The Morgan fingerprint density at radius 3 is 3.00 bits per heavy atom. The molecule has 2 atom stereocenters. The molecular formula is C9H17NO. The molecule has 1 aliphatic carbocycles. The molecule has 2 nitrogen and oxygen atoms in total. The first-order valence-electron chi connectivity index (χ1n) is 4.50. The fourth-order valence-corrected chi connectivity index (χ4v) is 1.96. The lowest BCUT2D eigenvalue weighted by Gasteiger charge is -2.26. The standard InChI is InChI=1S/C9H17NO/c1-8-3-2-4-9(5-8)6-10-7-11/h7-9H,2-6H2,1H3,(H,10,11). The number of hydrogen-bond acceptors (Lipinski definition) is 1. The fraction of sp³-hybridized carbons (Fsp3) is 0.889. The van der Waals surface area contributed by atoms with E-state index in [1.807, 2.05) is 0 Å². The van der Waals surface area contributed by atoms with Crippen molar-refractivity contribution in [3.8, 4) is 0 Å². The van der Waals surface area contributed by atoms with Crippen LogP contribution in [0.5, 0.6) is 0 Å². The topological polar surface area (TPSA) is 29.1 Å². The molecule has 1 aliphatic rings. The van der Waals surface area contributed by atoms with Crippen molar-refractivity contribution in [1.29, 1.82) is 0 Å². The molecule has 1 rings (SSSR count). The van der Waals surface area contributed by atoms with E-state index in [1.165, 1.54) is 25.7 Å². The van der Waals surface area contributed by atoms with Gasteiger partial charge in [-0.1, -0.05) is 19.8 Å². The molecule has 1 amide bonds. The van der Waals surface area contributed by atoms with Gasteiger partial charge in [-0.2, -0.15) is 0 Å². The molecule has 0 aliphatic heterocycles. The average Bonchev–Trinajstić information content (AvgIpc) is 2.01. The molecule has 1 fully saturated rings. The van der Waals surface area contributed by atoms with E-state index in [0.717, 1.165) is 24.8 Å². The summed E-state index contributed by atoms with van der Waals surface area (Å²) in [6, 6.07) is 0. The Bertz CT molecular complexity index is 125. The van der Waals surface area contributed by atoms with Crippen molar-refractivity contribution in [3.63, 3.8) is 0 Å². The first-order chi connectivity index (χ1) is 5.33. The largest absolute Gasteiger partial charge is 0.358 e. The smallest absolute Gasteiger partial charge is 0.207 e. The number of carbonyl (C=O) groups excluding carboxylic acids is 1. The summed E-state index contributed by atoms with van der Waals surface area (Å²) in [5, 5.41) is 2.76. The number of nitrogens with one attached hydrogen (secondary N) is 1. The Labute approximate surface area is 68.4 Å². The van der Waals surface area contributed by atoms with E-state index in [0.29, 0.717) is 0 Å². The third-order valence-corrected chi connectivity index (χ3v) is 2.53. The molecule has 1 N–H and O–H groups in total. The predicted molar refractivity (Wildman–Crippen MR) is 45.2 cm³/mol. The van der Waals surface area contributed by atoms with Crippen LogP contribution in [0.15, 0.2) is 0 Å². The van der Waals surface area contributed by atoms with Crippen LogP contribution in [-0.2, 0) is 4.79 Å². The van der Waals surface area contributed by atoms with Gasteiger partial charge in [0.2, 0.25) is 6.41 Å². The highest BCUT2D eigenvalue weighted by molar-refractivity contribution is 5.45. The highest BCUT2D eigenvalue weighted by atomic mass is 16.1. The summed E-state index contributed by atoms with van der Waals surface area (Å²) in [6.07, 6.45) is 6.11. The predicted octanol–water partition coefficient (Wildman–Crippen LogP) is 1.56. The van der Waals surface area contributed by atoms with E-state index in [2.05, 4.69) is 12.2 Å². The van der Waals surface area contributed by atoms with E-state index >= 15 is 0 Å². The zero-order chi connectivity index (χ0) is 8.10. The third-order valence-electron chi connectivity index (χ3n) is 2.53. The maximum Gasteiger partial charge on any atom is 0.207 e. The minimum atomic E-state index is 0.740. The van der Waals surface area contributed by atoms with Crippen molar-refractivity contribution in [2.24, 2.45) is 11.8 Å². The van der Waals surface area contributed by atoms with Crippen LogP contribution in [0.3, 0.4) is 0 Å². The average molecular weight is 155 g/mol. The third kappa shape index (κ3) is 2.91. The van der Waals surface area contributed by atoms with Crippen LogP contribution in [0.4, 0.5) is 0 Å². The van der Waals surface area contributed by atoms with E-state index in [9.17, 15) is 4.79 Å². The summed E-state index contributed by atoms with van der Waals surface area (Å²) in [5.74, 6) is 1.60. The van der Waals surface area contributed by atoms with Gasteiger partial charge in [0.15, 0.2) is 0 Å². The van der Waals surface area contributed by atoms with E-state index in [1.54, 1.807) is 0 Å². The summed E-state index contributed by atoms with van der Waals surface area (Å²) in [6.45, 7) is 3.18. The zero-order valence-electron chi connectivity index (χ0n) is 7.18. The van der Waals surface area contributed by atoms with Crippen molar-refractivity contribution in [1.82, 2.24) is 5.32 Å². The van der Waals surface area contributed by atoms with Gasteiger partial charge in [0.1, 0.15) is 0 Å². The lowest BCUT2D eigenvalue weighted by molar-refractivity contribution is -0.109. The van der Waals surface area contributed by atoms with Crippen molar-refractivity contribution >= 4 is 6.41 Å². The van der Waals surface area contributed by atoms with E-state index in [4.69, 9.17) is 0 Å². The lowest BCUT2D eigenvalue weighted by atomic mass is 9.82. The molecular weight excluding hydrogens is 138 g/mol. The molecule has 11 heavy (non-hydrogen) atoms. The minimum absolute atomic E-state index is 0.740. The summed E-state index contributed by atoms with van der Waals surface area (Å²) in [4.78, 5) is 10.0. The highest BCUT2D eigenvalue weighted by Crippen LogP contribution is 2.27. The zero-order valence-corrected chi connectivity index (χ0v) is 7.18. The Balaban J connectivity index is 2.17. The van der Waals surface area contributed by atoms with Gasteiger partial charge in [-0.05, 0) is 24.7 Å². The second-order valence-electron chi connectivity index (χ2n) is 3.66. The number of carbonyl (C=O) groups is 1. The summed E-state index contributed by atoms with van der Waals surface area (Å²) in [7, 11) is 0.